The largest absolute Gasteiger partial charge is 0.465 e. The molecule has 130 valence electrons. The second-order valence-corrected chi connectivity index (χ2v) is 8.66. The molecule has 0 radical (unpaired) electrons. The number of allylic oxidation sites excluding steroid dienone is 2. The Morgan fingerprint density at radius 3 is 2.83 bits per heavy atom. The van der Waals surface area contributed by atoms with Crippen LogP contribution in [-0.4, -0.2) is 23.0 Å². The monoisotopic (exact) mass is 329 g/mol. The van der Waals surface area contributed by atoms with Crippen LogP contribution in [-0.2, 0) is 4.79 Å². The number of hydrogen-bond donors (Lipinski definition) is 2. The van der Waals surface area contributed by atoms with Crippen molar-refractivity contribution in [2.75, 3.05) is 0 Å². The van der Waals surface area contributed by atoms with E-state index in [1.165, 1.54) is 5.57 Å². The summed E-state index contributed by atoms with van der Waals surface area (Å²) in [6.07, 6.45) is 11.5. The molecule has 4 heteroatoms. The van der Waals surface area contributed by atoms with Crippen LogP contribution in [0.25, 0.3) is 0 Å². The Bertz CT molecular complexity index is 651. The van der Waals surface area contributed by atoms with Gasteiger partial charge < -0.3 is 10.4 Å². The van der Waals surface area contributed by atoms with Gasteiger partial charge in [0.25, 0.3) is 0 Å². The van der Waals surface area contributed by atoms with Gasteiger partial charge in [0, 0.05) is 17.3 Å². The van der Waals surface area contributed by atoms with Crippen LogP contribution in [0, 0.1) is 28.6 Å². The molecule has 4 rings (SSSR count). The summed E-state index contributed by atoms with van der Waals surface area (Å²) in [4.78, 5) is 23.3. The molecule has 4 aliphatic rings. The molecule has 4 aliphatic carbocycles. The summed E-state index contributed by atoms with van der Waals surface area (Å²) in [5, 5.41) is 11.6. The lowest BCUT2D eigenvalue weighted by Crippen LogP contribution is -2.50. The predicted octanol–water partition coefficient (Wildman–Crippen LogP) is 3.93. The van der Waals surface area contributed by atoms with Crippen LogP contribution < -0.4 is 5.32 Å². The van der Waals surface area contributed by atoms with Crippen molar-refractivity contribution in [3.63, 3.8) is 0 Å². The lowest BCUT2D eigenvalue weighted by atomic mass is 9.49. The maximum atomic E-state index is 12.4. The summed E-state index contributed by atoms with van der Waals surface area (Å²) >= 11 is 0. The number of fused-ring (bicyclic) bond motifs is 5. The molecule has 24 heavy (non-hydrogen) atoms. The number of Topliss-reactive ketones (excluding diaryl/α,β-unsaturated/α-hetero) is 1. The van der Waals surface area contributed by atoms with Crippen molar-refractivity contribution in [3.05, 3.63) is 23.8 Å². The zero-order valence-electron chi connectivity index (χ0n) is 14.5. The van der Waals surface area contributed by atoms with Gasteiger partial charge in [-0.15, -0.1) is 0 Å². The molecule has 2 saturated carbocycles. The van der Waals surface area contributed by atoms with Gasteiger partial charge in [0.1, 0.15) is 5.78 Å². The molecule has 0 heterocycles. The number of ketones is 1. The number of nitrogens with one attached hydrogen (secondary N) is 1. The number of carboxylic acid groups (broad SMARTS) is 1. The zero-order valence-corrected chi connectivity index (χ0v) is 14.5. The quantitative estimate of drug-likeness (QED) is 0.716. The number of carbonyl (C=O) groups is 2. The molecular weight excluding hydrogens is 302 g/mol. The lowest BCUT2D eigenvalue weighted by molar-refractivity contribution is -0.131. The van der Waals surface area contributed by atoms with E-state index >= 15 is 0 Å². The van der Waals surface area contributed by atoms with E-state index in [1.807, 2.05) is 6.08 Å². The summed E-state index contributed by atoms with van der Waals surface area (Å²) < 4.78 is 0. The molecular formula is C20H27NO3. The summed E-state index contributed by atoms with van der Waals surface area (Å²) in [5.74, 6) is 2.19. The molecule has 0 aromatic carbocycles. The van der Waals surface area contributed by atoms with Crippen molar-refractivity contribution in [3.8, 4) is 0 Å². The Kier molecular flexibility index (Phi) is 3.45. The Morgan fingerprint density at radius 1 is 1.29 bits per heavy atom. The average Bonchev–Trinajstić information content (AvgIpc) is 2.83. The first-order valence-corrected chi connectivity index (χ1v) is 9.26. The van der Waals surface area contributed by atoms with Gasteiger partial charge in [-0.3, -0.25) is 4.79 Å². The fourth-order valence-electron chi connectivity index (χ4n) is 6.28. The highest BCUT2D eigenvalue weighted by Gasteiger charge is 2.57. The Morgan fingerprint density at radius 2 is 2.08 bits per heavy atom. The van der Waals surface area contributed by atoms with Crippen molar-refractivity contribution in [1.82, 2.24) is 5.32 Å². The predicted molar refractivity (Wildman–Crippen MR) is 91.6 cm³/mol. The fraction of sp³-hybridized carbons (Fsp3) is 0.700. The summed E-state index contributed by atoms with van der Waals surface area (Å²) in [6.45, 7) is 4.52. The molecule has 1 amide bonds. The van der Waals surface area contributed by atoms with Gasteiger partial charge in [-0.1, -0.05) is 37.6 Å². The number of carbonyl (C=O) groups excluding carboxylic acids is 1. The first-order chi connectivity index (χ1) is 11.3. The van der Waals surface area contributed by atoms with Crippen molar-refractivity contribution in [2.24, 2.45) is 28.6 Å². The molecule has 0 aliphatic heterocycles. The second-order valence-electron chi connectivity index (χ2n) is 8.66. The lowest BCUT2D eigenvalue weighted by Gasteiger charge is -2.55. The normalized spacial score (nSPS) is 46.6. The van der Waals surface area contributed by atoms with Crippen LogP contribution in [0.2, 0.25) is 0 Å². The van der Waals surface area contributed by atoms with Crippen LogP contribution in [0.3, 0.4) is 0 Å². The molecule has 1 unspecified atom stereocenters. The summed E-state index contributed by atoms with van der Waals surface area (Å²) in [6, 6.07) is -0.111. The maximum Gasteiger partial charge on any atom is 0.405 e. The van der Waals surface area contributed by atoms with Gasteiger partial charge in [-0.25, -0.2) is 4.79 Å². The third kappa shape index (κ3) is 2.11. The molecule has 0 bridgehead atoms. The molecule has 2 fully saturated rings. The van der Waals surface area contributed by atoms with E-state index in [1.54, 1.807) is 0 Å². The fourth-order valence-corrected chi connectivity index (χ4v) is 6.28. The van der Waals surface area contributed by atoms with E-state index in [0.29, 0.717) is 23.5 Å². The van der Waals surface area contributed by atoms with Crippen LogP contribution in [0.1, 0.15) is 52.4 Å². The maximum absolute atomic E-state index is 12.4. The first kappa shape index (κ1) is 15.9. The van der Waals surface area contributed by atoms with Crippen molar-refractivity contribution >= 4 is 11.9 Å². The van der Waals surface area contributed by atoms with Gasteiger partial charge in [0.05, 0.1) is 6.04 Å². The van der Waals surface area contributed by atoms with Crippen LogP contribution in [0.5, 0.6) is 0 Å². The second kappa shape index (κ2) is 5.21. The van der Waals surface area contributed by atoms with Crippen molar-refractivity contribution in [2.45, 2.75) is 58.4 Å². The molecule has 0 aromatic rings. The molecule has 0 spiro atoms. The molecule has 0 saturated heterocycles. The highest BCUT2D eigenvalue weighted by atomic mass is 16.4. The van der Waals surface area contributed by atoms with E-state index in [-0.39, 0.29) is 16.9 Å². The van der Waals surface area contributed by atoms with Crippen LogP contribution in [0.4, 0.5) is 4.79 Å². The number of hydrogen-bond acceptors (Lipinski definition) is 2. The van der Waals surface area contributed by atoms with E-state index in [4.69, 9.17) is 5.11 Å². The summed E-state index contributed by atoms with van der Waals surface area (Å²) in [7, 11) is 0. The average molecular weight is 329 g/mol. The summed E-state index contributed by atoms with van der Waals surface area (Å²) in [5.41, 5.74) is 1.33. The smallest absolute Gasteiger partial charge is 0.405 e. The van der Waals surface area contributed by atoms with Crippen LogP contribution >= 0.6 is 0 Å². The number of rotatable bonds is 1. The minimum atomic E-state index is -0.958. The Balaban J connectivity index is 1.63. The van der Waals surface area contributed by atoms with Gasteiger partial charge in [0.2, 0.25) is 0 Å². The van der Waals surface area contributed by atoms with E-state index in [0.717, 1.165) is 38.5 Å². The molecule has 6 atom stereocenters. The molecule has 4 nitrogen and oxygen atoms in total. The number of amides is 1. The van der Waals surface area contributed by atoms with Gasteiger partial charge >= 0.3 is 6.09 Å². The minimum absolute atomic E-state index is 0.0343. The Labute approximate surface area is 143 Å². The van der Waals surface area contributed by atoms with Gasteiger partial charge in [-0.2, -0.15) is 0 Å². The van der Waals surface area contributed by atoms with E-state index in [9.17, 15) is 9.59 Å². The van der Waals surface area contributed by atoms with Gasteiger partial charge in [0.15, 0.2) is 0 Å². The third-order valence-electron chi connectivity index (χ3n) is 7.67. The highest BCUT2D eigenvalue weighted by Crippen LogP contribution is 2.62. The SMILES string of the molecule is C[C@]12C=CC(NC(=O)O)CC1=CC[C@@H]1[C@H]2CC[C@]2(C)C(=O)CC[C@@H]12. The van der Waals surface area contributed by atoms with Crippen molar-refractivity contribution in [1.29, 1.82) is 0 Å². The molecule has 2 N–H and O–H groups in total. The van der Waals surface area contributed by atoms with Gasteiger partial charge in [-0.05, 0) is 49.9 Å². The van der Waals surface area contributed by atoms with Crippen LogP contribution in [0.15, 0.2) is 23.8 Å². The van der Waals surface area contributed by atoms with E-state index in [2.05, 4.69) is 31.3 Å². The van der Waals surface area contributed by atoms with E-state index < -0.39 is 6.09 Å². The third-order valence-corrected chi connectivity index (χ3v) is 7.67. The molecule has 0 aromatic heterocycles. The topological polar surface area (TPSA) is 66.4 Å². The Hall–Kier alpha value is -1.58. The zero-order chi connectivity index (χ0) is 17.1. The highest BCUT2D eigenvalue weighted by molar-refractivity contribution is 5.87. The van der Waals surface area contributed by atoms with Crippen molar-refractivity contribution < 1.29 is 14.7 Å². The minimum Gasteiger partial charge on any atom is -0.465 e. The first-order valence-electron chi connectivity index (χ1n) is 9.26. The standard InChI is InChI=1S/C20H27NO3/c1-19-9-7-13(21-18(23)24)11-12(19)3-4-14-15-5-6-17(22)20(15,2)10-8-16(14)19/h3,7,9,13-16,21H,4-6,8,10-11H2,1-2H3,(H,23,24)/t13?,14-,15-,16+,19-,20-/m0/s1.